The normalized spacial score (nSPS) is 57.1. The van der Waals surface area contributed by atoms with E-state index in [4.69, 9.17) is 19.2 Å². The Balaban J connectivity index is 1.80. The van der Waals surface area contributed by atoms with Gasteiger partial charge in [-0.2, -0.15) is 0 Å². The number of ether oxygens (including phenoxy) is 2. The number of Topliss-reactive ketones (excluding diaryl/α,β-unsaturated/α-hetero) is 1. The lowest BCUT2D eigenvalue weighted by Crippen LogP contribution is -2.70. The van der Waals surface area contributed by atoms with Gasteiger partial charge in [-0.15, -0.1) is 0 Å². The van der Waals surface area contributed by atoms with Gasteiger partial charge < -0.3 is 9.47 Å². The Morgan fingerprint density at radius 3 is 2.59 bits per heavy atom. The highest BCUT2D eigenvalue weighted by Crippen LogP contribution is 2.60. The molecule has 1 saturated carbocycles. The number of carbonyl (C=O) groups is 1. The van der Waals surface area contributed by atoms with Gasteiger partial charge in [-0.25, -0.2) is 9.78 Å². The zero-order valence-electron chi connectivity index (χ0n) is 13.8. The molecule has 1 aliphatic carbocycles. The molecule has 0 N–H and O–H groups in total. The molecule has 5 nitrogen and oxygen atoms in total. The lowest BCUT2D eigenvalue weighted by Gasteiger charge is -2.60. The molecule has 2 bridgehead atoms. The molecular formula is C17H26O5. The Morgan fingerprint density at radius 1 is 1.09 bits per heavy atom. The summed E-state index contributed by atoms with van der Waals surface area (Å²) >= 11 is 0. The molecule has 0 aromatic carbocycles. The maximum atomic E-state index is 12.0. The lowest BCUT2D eigenvalue weighted by molar-refractivity contribution is -0.569. The van der Waals surface area contributed by atoms with Crippen molar-refractivity contribution >= 4 is 5.78 Å². The summed E-state index contributed by atoms with van der Waals surface area (Å²) in [5.74, 6) is 0.584. The summed E-state index contributed by atoms with van der Waals surface area (Å²) in [5.41, 5.74) is -0.557. The van der Waals surface area contributed by atoms with Crippen LogP contribution in [-0.4, -0.2) is 29.6 Å². The van der Waals surface area contributed by atoms with Gasteiger partial charge in [0.1, 0.15) is 6.10 Å². The van der Waals surface area contributed by atoms with E-state index in [1.165, 1.54) is 6.42 Å². The maximum absolute atomic E-state index is 12.0. The minimum atomic E-state index is -0.764. The van der Waals surface area contributed by atoms with Crippen molar-refractivity contribution < 1.29 is 24.0 Å². The van der Waals surface area contributed by atoms with Crippen LogP contribution in [0.1, 0.15) is 53.4 Å². The Labute approximate surface area is 131 Å². The van der Waals surface area contributed by atoms with Gasteiger partial charge >= 0.3 is 0 Å². The molecule has 0 radical (unpaired) electrons. The molecule has 0 aromatic heterocycles. The van der Waals surface area contributed by atoms with Crippen molar-refractivity contribution in [2.45, 2.75) is 77.2 Å². The van der Waals surface area contributed by atoms with E-state index in [-0.39, 0.29) is 17.6 Å². The first-order valence-electron chi connectivity index (χ1n) is 8.58. The number of hydrogen-bond donors (Lipinski definition) is 0. The van der Waals surface area contributed by atoms with E-state index >= 15 is 0 Å². The first-order valence-corrected chi connectivity index (χ1v) is 8.58. The van der Waals surface area contributed by atoms with Crippen molar-refractivity contribution in [1.29, 1.82) is 0 Å². The molecule has 0 amide bonds. The third-order valence-electron chi connectivity index (χ3n) is 6.56. The van der Waals surface area contributed by atoms with E-state index in [0.717, 1.165) is 19.3 Å². The monoisotopic (exact) mass is 310 g/mol. The van der Waals surface area contributed by atoms with Crippen LogP contribution in [0.3, 0.4) is 0 Å². The molecule has 22 heavy (non-hydrogen) atoms. The summed E-state index contributed by atoms with van der Waals surface area (Å²) in [5, 5.41) is 0. The third-order valence-corrected chi connectivity index (χ3v) is 6.56. The van der Waals surface area contributed by atoms with Gasteiger partial charge in [0.05, 0.1) is 0 Å². The van der Waals surface area contributed by atoms with Crippen LogP contribution in [0.25, 0.3) is 0 Å². The molecule has 5 aliphatic rings. The van der Waals surface area contributed by atoms with Gasteiger partial charge in [0.25, 0.3) is 0 Å². The molecule has 4 heterocycles. The molecular weight excluding hydrogens is 284 g/mol. The molecule has 124 valence electrons. The number of hydrogen-bond acceptors (Lipinski definition) is 5. The highest BCUT2D eigenvalue weighted by molar-refractivity contribution is 5.81. The average molecular weight is 310 g/mol. The fraction of sp³-hybridized carbons (Fsp3) is 0.941. The second-order valence-electron chi connectivity index (χ2n) is 7.94. The smallest absolute Gasteiger partial charge is 0.201 e. The van der Waals surface area contributed by atoms with E-state index in [1.807, 2.05) is 6.92 Å². The predicted molar refractivity (Wildman–Crippen MR) is 77.5 cm³/mol. The quantitative estimate of drug-likeness (QED) is 0.697. The van der Waals surface area contributed by atoms with Crippen molar-refractivity contribution in [3.63, 3.8) is 0 Å². The minimum absolute atomic E-state index is 0.0762. The van der Waals surface area contributed by atoms with Gasteiger partial charge in [0, 0.05) is 12.3 Å². The standard InChI is InChI=1S/C17H26O5/c1-9-5-6-13-10(2)14(11(3)18)19-15-17(13)12(9)7-8-16(4,20-15)21-22-17/h9-10,12-15H,5-8H2,1-4H3/t9-,10-,12+,13+,14+,15-,16+,17-/m1/s1. The molecule has 5 heteroatoms. The Hall–Kier alpha value is -0.490. The van der Waals surface area contributed by atoms with Gasteiger partial charge in [-0.3, -0.25) is 4.79 Å². The predicted octanol–water partition coefficient (Wildman–Crippen LogP) is 2.83. The van der Waals surface area contributed by atoms with E-state index in [0.29, 0.717) is 11.8 Å². The fourth-order valence-electron chi connectivity index (χ4n) is 5.37. The fourth-order valence-corrected chi connectivity index (χ4v) is 5.37. The van der Waals surface area contributed by atoms with Crippen molar-refractivity contribution in [2.24, 2.45) is 23.7 Å². The molecule has 5 rings (SSSR count). The largest absolute Gasteiger partial charge is 0.338 e. The summed E-state index contributed by atoms with van der Waals surface area (Å²) in [4.78, 5) is 23.8. The van der Waals surface area contributed by atoms with Crippen LogP contribution >= 0.6 is 0 Å². The maximum Gasteiger partial charge on any atom is 0.201 e. The van der Waals surface area contributed by atoms with Crippen LogP contribution in [0.2, 0.25) is 0 Å². The van der Waals surface area contributed by atoms with Gasteiger partial charge in [-0.05, 0) is 50.9 Å². The topological polar surface area (TPSA) is 54.0 Å². The Kier molecular flexibility index (Phi) is 3.26. The minimum Gasteiger partial charge on any atom is -0.338 e. The average Bonchev–Trinajstić information content (AvgIpc) is 2.69. The molecule has 4 saturated heterocycles. The summed E-state index contributed by atoms with van der Waals surface area (Å²) in [6.45, 7) is 7.91. The van der Waals surface area contributed by atoms with Crippen LogP contribution < -0.4 is 0 Å². The number of rotatable bonds is 1. The van der Waals surface area contributed by atoms with Crippen LogP contribution in [0.5, 0.6) is 0 Å². The second-order valence-corrected chi connectivity index (χ2v) is 7.94. The van der Waals surface area contributed by atoms with Crippen LogP contribution in [0.15, 0.2) is 0 Å². The summed E-state index contributed by atoms with van der Waals surface area (Å²) in [7, 11) is 0. The lowest BCUT2D eigenvalue weighted by atomic mass is 9.57. The first-order chi connectivity index (χ1) is 10.4. The Morgan fingerprint density at radius 2 is 1.86 bits per heavy atom. The van der Waals surface area contributed by atoms with Crippen LogP contribution in [-0.2, 0) is 24.0 Å². The molecule has 0 unspecified atom stereocenters. The van der Waals surface area contributed by atoms with E-state index in [2.05, 4.69) is 13.8 Å². The summed E-state index contributed by atoms with van der Waals surface area (Å²) in [6.07, 6.45) is 3.11. The third kappa shape index (κ3) is 1.83. The van der Waals surface area contributed by atoms with Crippen molar-refractivity contribution in [1.82, 2.24) is 0 Å². The van der Waals surface area contributed by atoms with E-state index in [1.54, 1.807) is 6.92 Å². The Bertz CT molecular complexity index is 493. The number of ketones is 1. The van der Waals surface area contributed by atoms with Crippen LogP contribution in [0, 0.1) is 23.7 Å². The van der Waals surface area contributed by atoms with E-state index < -0.39 is 23.8 Å². The van der Waals surface area contributed by atoms with Crippen molar-refractivity contribution in [3.05, 3.63) is 0 Å². The number of fused-ring (bicyclic) bond motifs is 2. The van der Waals surface area contributed by atoms with E-state index in [9.17, 15) is 4.79 Å². The molecule has 1 spiro atoms. The molecule has 4 aliphatic heterocycles. The molecule has 0 aromatic rings. The summed E-state index contributed by atoms with van der Waals surface area (Å²) < 4.78 is 12.3. The SMILES string of the molecule is CC(=O)[C@H]1O[C@@H]2O[C@]3(C)CC[C@H]4[C@H](C)CC[C@@H]([C@H]1C)[C@@]24OO3. The number of carbonyl (C=O) groups excluding carboxylic acids is 1. The van der Waals surface area contributed by atoms with Gasteiger partial charge in [0.2, 0.25) is 5.79 Å². The van der Waals surface area contributed by atoms with Gasteiger partial charge in [-0.1, -0.05) is 13.8 Å². The molecule has 5 fully saturated rings. The summed E-state index contributed by atoms with van der Waals surface area (Å²) in [6, 6.07) is 0. The van der Waals surface area contributed by atoms with Gasteiger partial charge in [0.15, 0.2) is 17.7 Å². The second kappa shape index (κ2) is 4.76. The van der Waals surface area contributed by atoms with Crippen LogP contribution in [0.4, 0.5) is 0 Å². The zero-order chi connectivity index (χ0) is 15.7. The molecule has 8 atom stereocenters. The highest BCUT2D eigenvalue weighted by atomic mass is 17.3. The first kappa shape index (κ1) is 15.1. The highest BCUT2D eigenvalue weighted by Gasteiger charge is 2.69. The van der Waals surface area contributed by atoms with Crippen molar-refractivity contribution in [2.75, 3.05) is 0 Å². The van der Waals surface area contributed by atoms with Crippen molar-refractivity contribution in [3.8, 4) is 0 Å². The zero-order valence-corrected chi connectivity index (χ0v) is 13.8.